The zero-order chi connectivity index (χ0) is 18.2. The number of hydrogen-bond donors (Lipinski definition) is 2. The molecule has 4 aromatic rings. The first-order valence-corrected chi connectivity index (χ1v) is 9.12. The molecular weight excluding hydrogens is 342 g/mol. The lowest BCUT2D eigenvalue weighted by Gasteiger charge is -2.26. The van der Waals surface area contributed by atoms with Gasteiger partial charge in [0.15, 0.2) is 5.65 Å². The molecule has 1 aliphatic rings. The second-order valence-corrected chi connectivity index (χ2v) is 6.91. The summed E-state index contributed by atoms with van der Waals surface area (Å²) in [5.74, 6) is 0.605. The number of rotatable bonds is 3. The molecule has 0 unspecified atom stereocenters. The Morgan fingerprint density at radius 3 is 2.74 bits per heavy atom. The van der Waals surface area contributed by atoms with Crippen molar-refractivity contribution in [2.24, 2.45) is 0 Å². The minimum atomic E-state index is -0.168. The summed E-state index contributed by atoms with van der Waals surface area (Å²) >= 11 is 0. The first kappa shape index (κ1) is 16.1. The topological polar surface area (TPSA) is 101 Å². The van der Waals surface area contributed by atoms with Crippen molar-refractivity contribution in [3.8, 4) is 11.1 Å². The predicted octanol–water partition coefficient (Wildman–Crippen LogP) is 2.45. The minimum Gasteiger partial charge on any atom is -0.393 e. The maximum absolute atomic E-state index is 9.63. The molecule has 0 radical (unpaired) electrons. The van der Waals surface area contributed by atoms with Gasteiger partial charge < -0.3 is 10.4 Å². The van der Waals surface area contributed by atoms with Gasteiger partial charge in [-0.25, -0.2) is 19.5 Å². The highest BCUT2D eigenvalue weighted by Gasteiger charge is 2.20. The molecule has 1 saturated carbocycles. The quantitative estimate of drug-likeness (QED) is 0.578. The Kier molecular flexibility index (Phi) is 3.90. The first-order chi connectivity index (χ1) is 13.3. The average molecular weight is 361 g/mol. The number of aromatic nitrogens is 6. The van der Waals surface area contributed by atoms with Crippen LogP contribution in [0.3, 0.4) is 0 Å². The molecule has 5 rings (SSSR count). The van der Waals surface area contributed by atoms with Gasteiger partial charge in [-0.05, 0) is 37.8 Å². The Morgan fingerprint density at radius 1 is 1.00 bits per heavy atom. The van der Waals surface area contributed by atoms with Crippen LogP contribution in [0.1, 0.15) is 25.7 Å². The number of anilines is 1. The summed E-state index contributed by atoms with van der Waals surface area (Å²) in [7, 11) is 0. The molecule has 4 aromatic heterocycles. The fourth-order valence-corrected chi connectivity index (χ4v) is 3.62. The zero-order valence-corrected chi connectivity index (χ0v) is 14.7. The Bertz CT molecular complexity index is 1100. The van der Waals surface area contributed by atoms with Crippen LogP contribution in [0.25, 0.3) is 27.8 Å². The number of fused-ring (bicyclic) bond motifs is 2. The van der Waals surface area contributed by atoms with Crippen LogP contribution in [0.2, 0.25) is 0 Å². The molecule has 0 amide bonds. The largest absolute Gasteiger partial charge is 0.393 e. The molecule has 27 heavy (non-hydrogen) atoms. The van der Waals surface area contributed by atoms with Crippen LogP contribution in [0, 0.1) is 0 Å². The smallest absolute Gasteiger partial charge is 0.241 e. The fourth-order valence-electron chi connectivity index (χ4n) is 3.62. The zero-order valence-electron chi connectivity index (χ0n) is 14.7. The van der Waals surface area contributed by atoms with E-state index >= 15 is 0 Å². The summed E-state index contributed by atoms with van der Waals surface area (Å²) in [5.41, 5.74) is 4.25. The van der Waals surface area contributed by atoms with Crippen molar-refractivity contribution in [3.05, 3.63) is 43.1 Å². The van der Waals surface area contributed by atoms with E-state index in [4.69, 9.17) is 0 Å². The minimum absolute atomic E-state index is 0.168. The van der Waals surface area contributed by atoms with Crippen LogP contribution in [0.5, 0.6) is 0 Å². The first-order valence-electron chi connectivity index (χ1n) is 9.12. The second-order valence-electron chi connectivity index (χ2n) is 6.91. The van der Waals surface area contributed by atoms with E-state index in [1.54, 1.807) is 18.6 Å². The van der Waals surface area contributed by atoms with Gasteiger partial charge in [0.25, 0.3) is 0 Å². The SMILES string of the molecule is OC1CCC(Nc2ncc3c(-c4cnc5nccnc5c4)ccn3n2)CC1. The molecule has 0 saturated heterocycles. The lowest BCUT2D eigenvalue weighted by molar-refractivity contribution is 0.126. The summed E-state index contributed by atoms with van der Waals surface area (Å²) in [6.45, 7) is 0. The average Bonchev–Trinajstić information content (AvgIpc) is 3.12. The van der Waals surface area contributed by atoms with Crippen molar-refractivity contribution in [1.29, 1.82) is 0 Å². The van der Waals surface area contributed by atoms with E-state index in [1.807, 2.05) is 29.0 Å². The van der Waals surface area contributed by atoms with Gasteiger partial charge >= 0.3 is 0 Å². The highest BCUT2D eigenvalue weighted by atomic mass is 16.3. The third kappa shape index (κ3) is 3.08. The van der Waals surface area contributed by atoms with Gasteiger partial charge in [0, 0.05) is 42.0 Å². The van der Waals surface area contributed by atoms with Gasteiger partial charge in [0.05, 0.1) is 17.8 Å². The molecule has 1 aliphatic carbocycles. The van der Waals surface area contributed by atoms with Crippen molar-refractivity contribution in [2.75, 3.05) is 5.32 Å². The third-order valence-corrected chi connectivity index (χ3v) is 5.08. The van der Waals surface area contributed by atoms with Crippen molar-refractivity contribution < 1.29 is 5.11 Å². The van der Waals surface area contributed by atoms with Gasteiger partial charge in [-0.2, -0.15) is 0 Å². The molecule has 136 valence electrons. The van der Waals surface area contributed by atoms with Gasteiger partial charge in [-0.15, -0.1) is 5.10 Å². The molecular formula is C19H19N7O. The van der Waals surface area contributed by atoms with E-state index in [9.17, 15) is 5.11 Å². The lowest BCUT2D eigenvalue weighted by Crippen LogP contribution is -2.29. The monoisotopic (exact) mass is 361 g/mol. The summed E-state index contributed by atoms with van der Waals surface area (Å²) in [6.07, 6.45) is 12.2. The second kappa shape index (κ2) is 6.55. The third-order valence-electron chi connectivity index (χ3n) is 5.08. The molecule has 0 aromatic carbocycles. The Labute approximate surface area is 155 Å². The summed E-state index contributed by atoms with van der Waals surface area (Å²) in [5, 5.41) is 17.6. The standard InChI is InChI=1S/C19H19N7O/c27-14-3-1-13(2-4-14)24-19-23-11-17-15(5-8-26(17)25-19)12-9-16-18(22-10-12)21-7-6-20-16/h5-11,13-14,27H,1-4H2,(H,24,25). The van der Waals surface area contributed by atoms with Crippen molar-refractivity contribution in [1.82, 2.24) is 29.5 Å². The van der Waals surface area contributed by atoms with Crippen LogP contribution in [0.15, 0.2) is 43.1 Å². The van der Waals surface area contributed by atoms with Crippen LogP contribution >= 0.6 is 0 Å². The molecule has 8 nitrogen and oxygen atoms in total. The van der Waals surface area contributed by atoms with E-state index < -0.39 is 0 Å². The number of nitrogens with zero attached hydrogens (tertiary/aromatic N) is 6. The number of aliphatic hydroxyl groups is 1. The van der Waals surface area contributed by atoms with Crippen LogP contribution in [-0.4, -0.2) is 46.8 Å². The van der Waals surface area contributed by atoms with Crippen LogP contribution < -0.4 is 5.32 Å². The molecule has 1 fully saturated rings. The summed E-state index contributed by atoms with van der Waals surface area (Å²) < 4.78 is 1.82. The summed E-state index contributed by atoms with van der Waals surface area (Å²) in [6, 6.07) is 4.29. The van der Waals surface area contributed by atoms with Crippen molar-refractivity contribution >= 4 is 22.6 Å². The van der Waals surface area contributed by atoms with E-state index in [2.05, 4.69) is 30.4 Å². The van der Waals surface area contributed by atoms with E-state index in [0.29, 0.717) is 17.6 Å². The normalized spacial score (nSPS) is 20.2. The molecule has 8 heteroatoms. The highest BCUT2D eigenvalue weighted by Crippen LogP contribution is 2.27. The number of aliphatic hydroxyl groups excluding tert-OH is 1. The van der Waals surface area contributed by atoms with E-state index in [1.165, 1.54) is 0 Å². The molecule has 0 aliphatic heterocycles. The number of nitrogens with one attached hydrogen (secondary N) is 1. The van der Waals surface area contributed by atoms with Gasteiger partial charge in [0.2, 0.25) is 5.95 Å². The maximum Gasteiger partial charge on any atom is 0.241 e. The van der Waals surface area contributed by atoms with Gasteiger partial charge in [-0.1, -0.05) is 0 Å². The molecule has 0 spiro atoms. The molecule has 0 atom stereocenters. The van der Waals surface area contributed by atoms with E-state index in [0.717, 1.165) is 47.8 Å². The number of pyridine rings is 1. The summed E-state index contributed by atoms with van der Waals surface area (Å²) in [4.78, 5) is 17.4. The molecule has 2 N–H and O–H groups in total. The van der Waals surface area contributed by atoms with E-state index in [-0.39, 0.29) is 6.10 Å². The maximum atomic E-state index is 9.63. The lowest BCUT2D eigenvalue weighted by atomic mass is 9.93. The number of hydrogen-bond acceptors (Lipinski definition) is 7. The Morgan fingerprint density at radius 2 is 1.85 bits per heavy atom. The van der Waals surface area contributed by atoms with Crippen molar-refractivity contribution in [3.63, 3.8) is 0 Å². The predicted molar refractivity (Wildman–Crippen MR) is 101 cm³/mol. The van der Waals surface area contributed by atoms with Crippen molar-refractivity contribution in [2.45, 2.75) is 37.8 Å². The molecule has 4 heterocycles. The Hall–Kier alpha value is -3.13. The fraction of sp³-hybridized carbons (Fsp3) is 0.316. The van der Waals surface area contributed by atoms with Crippen LogP contribution in [-0.2, 0) is 0 Å². The van der Waals surface area contributed by atoms with Gasteiger partial charge in [-0.3, -0.25) is 4.98 Å². The highest BCUT2D eigenvalue weighted by molar-refractivity contribution is 5.84. The van der Waals surface area contributed by atoms with Gasteiger partial charge in [0.1, 0.15) is 5.52 Å². The van der Waals surface area contributed by atoms with Crippen LogP contribution in [0.4, 0.5) is 5.95 Å². The molecule has 0 bridgehead atoms. The Balaban J connectivity index is 1.44.